The maximum atomic E-state index is 15.7. The van der Waals surface area contributed by atoms with Gasteiger partial charge in [-0.05, 0) is 102 Å². The van der Waals surface area contributed by atoms with E-state index in [2.05, 4.69) is 133 Å². The van der Waals surface area contributed by atoms with Crippen molar-refractivity contribution < 1.29 is 4.79 Å². The van der Waals surface area contributed by atoms with Gasteiger partial charge in [-0.3, -0.25) is 4.79 Å². The van der Waals surface area contributed by atoms with Crippen LogP contribution >= 0.6 is 0 Å². The van der Waals surface area contributed by atoms with Gasteiger partial charge in [0.2, 0.25) is 0 Å². The van der Waals surface area contributed by atoms with Gasteiger partial charge in [0.25, 0.3) is 0 Å². The van der Waals surface area contributed by atoms with E-state index in [1.165, 1.54) is 88.7 Å². The molecule has 0 saturated heterocycles. The first-order valence-corrected chi connectivity index (χ1v) is 16.6. The van der Waals surface area contributed by atoms with Crippen molar-refractivity contribution in [3.63, 3.8) is 0 Å². The molecule has 1 heteroatoms. The molecule has 216 valence electrons. The summed E-state index contributed by atoms with van der Waals surface area (Å²) in [6.45, 7) is 0. The molecule has 1 nitrogen and oxygen atoms in total. The highest BCUT2D eigenvalue weighted by atomic mass is 16.1. The third-order valence-corrected chi connectivity index (χ3v) is 11.7. The molecule has 0 fully saturated rings. The number of carbonyl (C=O) groups excluding carboxylic acids is 1. The molecule has 46 heavy (non-hydrogen) atoms. The first-order chi connectivity index (χ1) is 22.8. The molecule has 0 aliphatic heterocycles. The molecule has 0 amide bonds. The highest BCUT2D eigenvalue weighted by molar-refractivity contribution is 6.19. The fourth-order valence-corrected chi connectivity index (χ4v) is 10.1. The van der Waals surface area contributed by atoms with Crippen molar-refractivity contribution in [2.75, 3.05) is 0 Å². The van der Waals surface area contributed by atoms with E-state index in [1.54, 1.807) is 0 Å². The Labute approximate surface area is 268 Å². The quantitative estimate of drug-likeness (QED) is 0.197. The summed E-state index contributed by atoms with van der Waals surface area (Å²) in [5.41, 5.74) is 18.4. The van der Waals surface area contributed by atoms with Crippen molar-refractivity contribution in [1.29, 1.82) is 0 Å². The van der Waals surface area contributed by atoms with Gasteiger partial charge in [0, 0.05) is 11.8 Å². The molecular formula is C45H30O. The molecule has 5 aliphatic rings. The van der Waals surface area contributed by atoms with Gasteiger partial charge in [0.15, 0.2) is 5.78 Å². The SMILES string of the molecule is O=C1C2C3=C(Cc4ccccc43)C(c3ccccc3)c3ccc4ccc5c(c4c32)C1C1=C(Cc2ccccc21)C5c1ccccc1. The zero-order chi connectivity index (χ0) is 30.1. The van der Waals surface area contributed by atoms with Crippen molar-refractivity contribution in [3.8, 4) is 0 Å². The lowest BCUT2D eigenvalue weighted by Crippen LogP contribution is -2.34. The number of Topliss-reactive ketones (excluding diaryl/α,β-unsaturated/α-hetero) is 1. The smallest absolute Gasteiger partial charge is 0.156 e. The largest absolute Gasteiger partial charge is 0.298 e. The Kier molecular flexibility index (Phi) is 4.85. The molecule has 0 radical (unpaired) electrons. The van der Waals surface area contributed by atoms with Crippen molar-refractivity contribution in [2.24, 2.45) is 0 Å². The first kappa shape index (κ1) is 25.0. The van der Waals surface area contributed by atoms with Gasteiger partial charge < -0.3 is 0 Å². The molecule has 11 rings (SSSR count). The monoisotopic (exact) mass is 586 g/mol. The molecule has 4 unspecified atom stereocenters. The van der Waals surface area contributed by atoms with Crippen LogP contribution in [0.2, 0.25) is 0 Å². The van der Waals surface area contributed by atoms with Gasteiger partial charge in [-0.15, -0.1) is 0 Å². The molecule has 0 spiro atoms. The highest BCUT2D eigenvalue weighted by Crippen LogP contribution is 2.64. The lowest BCUT2D eigenvalue weighted by molar-refractivity contribution is -0.119. The Morgan fingerprint density at radius 1 is 0.435 bits per heavy atom. The summed E-state index contributed by atoms with van der Waals surface area (Å²) >= 11 is 0. The van der Waals surface area contributed by atoms with Crippen LogP contribution in [0.1, 0.15) is 79.3 Å². The van der Waals surface area contributed by atoms with Crippen molar-refractivity contribution in [3.05, 3.63) is 200 Å². The Morgan fingerprint density at radius 2 is 0.870 bits per heavy atom. The number of benzene rings is 6. The maximum Gasteiger partial charge on any atom is 0.156 e. The summed E-state index contributed by atoms with van der Waals surface area (Å²) in [5.74, 6) is 0.102. The molecule has 0 saturated carbocycles. The highest BCUT2D eigenvalue weighted by Gasteiger charge is 2.52. The summed E-state index contributed by atoms with van der Waals surface area (Å²) in [6.07, 6.45) is 1.80. The van der Waals surface area contributed by atoms with Gasteiger partial charge >= 0.3 is 0 Å². The number of rotatable bonds is 2. The number of allylic oxidation sites excluding steroid dienone is 4. The fraction of sp³-hybridized carbons (Fsp3) is 0.133. The van der Waals surface area contributed by atoms with E-state index in [0.29, 0.717) is 5.78 Å². The van der Waals surface area contributed by atoms with E-state index in [4.69, 9.17) is 0 Å². The Hall–Kier alpha value is -5.27. The molecular weight excluding hydrogens is 556 g/mol. The second kappa shape index (κ2) is 8.92. The lowest BCUT2D eigenvalue weighted by atomic mass is 9.58. The fourth-order valence-electron chi connectivity index (χ4n) is 10.1. The predicted molar refractivity (Wildman–Crippen MR) is 185 cm³/mol. The average Bonchev–Trinajstić information content (AvgIpc) is 3.68. The molecule has 0 N–H and O–H groups in total. The standard InChI is InChI=1S/C45H30O/c46-45-43-39-30-17-9-7-15-28(30)23-34(39)36(25-11-3-1-4-12-25)32-21-19-27-20-22-33-37(26-13-5-2-6-14-26)35-24-29-16-8-10-18-31(29)40(35)44(45)42(33)38(27)41(32)43/h1-22,36-37,43-44H,23-24H2. The summed E-state index contributed by atoms with van der Waals surface area (Å²) < 4.78 is 0. The third-order valence-electron chi connectivity index (χ3n) is 11.7. The molecule has 0 bridgehead atoms. The second-order valence-electron chi connectivity index (χ2n) is 13.7. The number of fused-ring (bicyclic) bond motifs is 6. The van der Waals surface area contributed by atoms with Crippen LogP contribution in [-0.4, -0.2) is 5.78 Å². The van der Waals surface area contributed by atoms with Gasteiger partial charge in [0.1, 0.15) is 0 Å². The van der Waals surface area contributed by atoms with Crippen LogP contribution in [0.3, 0.4) is 0 Å². The summed E-state index contributed by atoms with van der Waals surface area (Å²) in [5, 5.41) is 2.59. The minimum Gasteiger partial charge on any atom is -0.298 e. The maximum absolute atomic E-state index is 15.7. The van der Waals surface area contributed by atoms with E-state index in [0.717, 1.165) is 12.8 Å². The summed E-state index contributed by atoms with van der Waals surface area (Å²) in [6, 6.07) is 49.1. The van der Waals surface area contributed by atoms with Gasteiger partial charge in [-0.1, -0.05) is 133 Å². The van der Waals surface area contributed by atoms with Crippen molar-refractivity contribution in [1.82, 2.24) is 0 Å². The molecule has 5 aliphatic carbocycles. The summed E-state index contributed by atoms with van der Waals surface area (Å²) in [4.78, 5) is 15.7. The summed E-state index contributed by atoms with van der Waals surface area (Å²) in [7, 11) is 0. The van der Waals surface area contributed by atoms with E-state index < -0.39 is 0 Å². The molecule has 0 aromatic heterocycles. The number of hydrogen-bond acceptors (Lipinski definition) is 1. The molecule has 6 aromatic rings. The van der Waals surface area contributed by atoms with E-state index in [1.807, 2.05) is 0 Å². The van der Waals surface area contributed by atoms with Crippen molar-refractivity contribution >= 4 is 27.7 Å². The Bertz CT molecular complexity index is 2230. The van der Waals surface area contributed by atoms with E-state index >= 15 is 4.79 Å². The van der Waals surface area contributed by atoms with Crippen LogP contribution in [0.5, 0.6) is 0 Å². The van der Waals surface area contributed by atoms with Crippen LogP contribution in [0.15, 0.2) is 145 Å². The number of hydrogen-bond donors (Lipinski definition) is 0. The molecule has 6 aromatic carbocycles. The van der Waals surface area contributed by atoms with Crippen LogP contribution in [0.4, 0.5) is 0 Å². The van der Waals surface area contributed by atoms with Gasteiger partial charge in [-0.2, -0.15) is 0 Å². The van der Waals surface area contributed by atoms with Gasteiger partial charge in [-0.25, -0.2) is 0 Å². The Balaban J connectivity index is 1.28. The lowest BCUT2D eigenvalue weighted by Gasteiger charge is -2.44. The first-order valence-electron chi connectivity index (χ1n) is 16.6. The Morgan fingerprint density at radius 3 is 1.35 bits per heavy atom. The zero-order valence-electron chi connectivity index (χ0n) is 25.3. The van der Waals surface area contributed by atoms with Crippen LogP contribution in [-0.2, 0) is 17.6 Å². The second-order valence-corrected chi connectivity index (χ2v) is 13.7. The zero-order valence-corrected chi connectivity index (χ0v) is 25.3. The molecule has 0 heterocycles. The minimum absolute atomic E-state index is 0.134. The van der Waals surface area contributed by atoms with E-state index in [9.17, 15) is 0 Å². The van der Waals surface area contributed by atoms with E-state index in [-0.39, 0.29) is 23.7 Å². The number of ketones is 1. The number of carbonyl (C=O) groups is 1. The topological polar surface area (TPSA) is 17.1 Å². The van der Waals surface area contributed by atoms with Crippen LogP contribution in [0.25, 0.3) is 21.9 Å². The predicted octanol–water partition coefficient (Wildman–Crippen LogP) is 9.90. The van der Waals surface area contributed by atoms with Crippen LogP contribution in [0, 0.1) is 0 Å². The minimum atomic E-state index is -0.264. The van der Waals surface area contributed by atoms with Crippen molar-refractivity contribution in [2.45, 2.75) is 36.5 Å². The van der Waals surface area contributed by atoms with Gasteiger partial charge in [0.05, 0.1) is 11.8 Å². The third kappa shape index (κ3) is 3.04. The van der Waals surface area contributed by atoms with Crippen LogP contribution < -0.4 is 0 Å². The normalized spacial score (nSPS) is 22.9. The molecule has 4 atom stereocenters. The average molecular weight is 587 g/mol.